The summed E-state index contributed by atoms with van der Waals surface area (Å²) in [5.74, 6) is 1.06. The van der Waals surface area contributed by atoms with Gasteiger partial charge in [0.15, 0.2) is 5.13 Å². The van der Waals surface area contributed by atoms with Crippen LogP contribution in [0.2, 0.25) is 5.15 Å². The smallest absolute Gasteiger partial charge is 0.186 e. The Kier molecular flexibility index (Phi) is 5.01. The van der Waals surface area contributed by atoms with E-state index in [0.717, 1.165) is 22.3 Å². The van der Waals surface area contributed by atoms with Crippen LogP contribution in [0.1, 0.15) is 4.88 Å². The number of anilines is 1. The second kappa shape index (κ2) is 5.80. The molecule has 0 fully saturated rings. The van der Waals surface area contributed by atoms with Crippen molar-refractivity contribution in [2.24, 2.45) is 0 Å². The van der Waals surface area contributed by atoms with Gasteiger partial charge in [0.25, 0.3) is 0 Å². The van der Waals surface area contributed by atoms with Crippen molar-refractivity contribution >= 4 is 39.8 Å². The van der Waals surface area contributed by atoms with E-state index in [1.807, 2.05) is 11.9 Å². The Labute approximate surface area is 97.1 Å². The second-order valence-corrected chi connectivity index (χ2v) is 5.19. The molecule has 0 saturated carbocycles. The van der Waals surface area contributed by atoms with Crippen LogP contribution in [-0.4, -0.2) is 35.7 Å². The maximum absolute atomic E-state index is 8.95. The van der Waals surface area contributed by atoms with Crippen molar-refractivity contribution in [1.29, 1.82) is 0 Å². The Morgan fingerprint density at radius 1 is 1.64 bits per heavy atom. The third-order valence-electron chi connectivity index (χ3n) is 1.74. The second-order valence-electron chi connectivity index (χ2n) is 2.78. The normalized spacial score (nSPS) is 10.6. The average Bonchev–Trinajstić information content (AvgIpc) is 2.56. The first-order valence-corrected chi connectivity index (χ1v) is 6.74. The van der Waals surface area contributed by atoms with Gasteiger partial charge in [-0.2, -0.15) is 11.8 Å². The number of aliphatic hydroxyl groups excluding tert-OH is 1. The molecule has 1 rings (SSSR count). The first-order chi connectivity index (χ1) is 6.69. The van der Waals surface area contributed by atoms with Crippen molar-refractivity contribution in [1.82, 2.24) is 4.98 Å². The zero-order chi connectivity index (χ0) is 10.6. The minimum atomic E-state index is -0.0349. The highest BCUT2D eigenvalue weighted by Gasteiger charge is 2.11. The molecule has 0 radical (unpaired) electrons. The van der Waals surface area contributed by atoms with Crippen molar-refractivity contribution in [3.8, 4) is 0 Å². The van der Waals surface area contributed by atoms with Crippen LogP contribution in [0.3, 0.4) is 0 Å². The zero-order valence-corrected chi connectivity index (χ0v) is 10.5. The predicted octanol–water partition coefficient (Wildman–Crippen LogP) is 2.09. The molecule has 0 aliphatic rings. The fourth-order valence-electron chi connectivity index (χ4n) is 0.906. The van der Waals surface area contributed by atoms with Gasteiger partial charge < -0.3 is 10.0 Å². The summed E-state index contributed by atoms with van der Waals surface area (Å²) in [4.78, 5) is 6.96. The molecule has 0 amide bonds. The van der Waals surface area contributed by atoms with Crippen LogP contribution in [-0.2, 0) is 6.61 Å². The van der Waals surface area contributed by atoms with E-state index in [2.05, 4.69) is 11.2 Å². The lowest BCUT2D eigenvalue weighted by atomic mass is 10.6. The number of thioether (sulfide) groups is 1. The number of rotatable bonds is 5. The van der Waals surface area contributed by atoms with Gasteiger partial charge >= 0.3 is 0 Å². The molecular weight excluding hydrogens is 240 g/mol. The summed E-state index contributed by atoms with van der Waals surface area (Å²) < 4.78 is 0. The number of halogens is 1. The van der Waals surface area contributed by atoms with Gasteiger partial charge in [-0.1, -0.05) is 22.9 Å². The molecule has 1 N–H and O–H groups in total. The van der Waals surface area contributed by atoms with Gasteiger partial charge in [-0.25, -0.2) is 4.98 Å². The number of aliphatic hydroxyl groups is 1. The molecule has 1 heterocycles. The number of nitrogens with zero attached hydrogens (tertiary/aromatic N) is 2. The predicted molar refractivity (Wildman–Crippen MR) is 64.7 cm³/mol. The molecule has 0 unspecified atom stereocenters. The Morgan fingerprint density at radius 2 is 2.36 bits per heavy atom. The molecule has 1 aromatic rings. The van der Waals surface area contributed by atoms with E-state index in [1.165, 1.54) is 11.3 Å². The molecule has 0 aromatic carbocycles. The summed E-state index contributed by atoms with van der Waals surface area (Å²) >= 11 is 9.07. The Morgan fingerprint density at radius 3 is 2.86 bits per heavy atom. The highest BCUT2D eigenvalue weighted by atomic mass is 35.5. The van der Waals surface area contributed by atoms with Gasteiger partial charge in [-0.05, 0) is 6.26 Å². The topological polar surface area (TPSA) is 36.4 Å². The van der Waals surface area contributed by atoms with Crippen LogP contribution in [0.25, 0.3) is 0 Å². The minimum absolute atomic E-state index is 0.0349. The van der Waals surface area contributed by atoms with Crippen LogP contribution >= 0.6 is 34.7 Å². The van der Waals surface area contributed by atoms with Crippen LogP contribution in [0.5, 0.6) is 0 Å². The van der Waals surface area contributed by atoms with Gasteiger partial charge in [0.05, 0.1) is 11.5 Å². The van der Waals surface area contributed by atoms with Crippen molar-refractivity contribution < 1.29 is 5.11 Å². The summed E-state index contributed by atoms with van der Waals surface area (Å²) in [6.07, 6.45) is 2.07. The lowest BCUT2D eigenvalue weighted by molar-refractivity contribution is 0.285. The molecule has 3 nitrogen and oxygen atoms in total. The van der Waals surface area contributed by atoms with E-state index in [9.17, 15) is 0 Å². The van der Waals surface area contributed by atoms with Crippen LogP contribution in [0.15, 0.2) is 0 Å². The summed E-state index contributed by atoms with van der Waals surface area (Å²) in [6.45, 7) is 0.906. The van der Waals surface area contributed by atoms with Crippen LogP contribution < -0.4 is 4.90 Å². The highest BCUT2D eigenvalue weighted by Crippen LogP contribution is 2.28. The molecule has 1 aromatic heterocycles. The van der Waals surface area contributed by atoms with E-state index in [1.54, 1.807) is 11.8 Å². The van der Waals surface area contributed by atoms with E-state index < -0.39 is 0 Å². The van der Waals surface area contributed by atoms with E-state index in [-0.39, 0.29) is 6.61 Å². The fourth-order valence-corrected chi connectivity index (χ4v) is 2.47. The maximum Gasteiger partial charge on any atom is 0.186 e. The molecule has 80 valence electrons. The Balaban J connectivity index is 2.65. The first-order valence-electron chi connectivity index (χ1n) is 4.15. The fraction of sp³-hybridized carbons (Fsp3) is 0.625. The van der Waals surface area contributed by atoms with E-state index in [4.69, 9.17) is 16.7 Å². The van der Waals surface area contributed by atoms with E-state index >= 15 is 0 Å². The monoisotopic (exact) mass is 252 g/mol. The Bertz CT molecular complexity index is 293. The zero-order valence-electron chi connectivity index (χ0n) is 8.16. The van der Waals surface area contributed by atoms with Crippen LogP contribution in [0.4, 0.5) is 5.13 Å². The number of hydrogen-bond donors (Lipinski definition) is 1. The molecule has 0 atom stereocenters. The lowest BCUT2D eigenvalue weighted by Crippen LogP contribution is -2.19. The Hall–Kier alpha value is 0.0300. The van der Waals surface area contributed by atoms with Crippen LogP contribution in [0, 0.1) is 0 Å². The van der Waals surface area contributed by atoms with Crippen molar-refractivity contribution in [3.63, 3.8) is 0 Å². The summed E-state index contributed by atoms with van der Waals surface area (Å²) in [6, 6.07) is 0. The molecule has 0 bridgehead atoms. The summed E-state index contributed by atoms with van der Waals surface area (Å²) in [7, 11) is 1.98. The quantitative estimate of drug-likeness (QED) is 0.871. The van der Waals surface area contributed by atoms with Gasteiger partial charge in [0.1, 0.15) is 5.15 Å². The molecule has 0 aliphatic heterocycles. The molecular formula is C8H13ClN2OS2. The summed E-state index contributed by atoms with van der Waals surface area (Å²) in [5.41, 5.74) is 0. The first kappa shape index (κ1) is 12.1. The standard InChI is InChI=1S/C8H13ClN2OS2/c1-11(3-4-13-2)8-10-7(9)6(5-12)14-8/h12H,3-5H2,1-2H3. The molecule has 0 saturated heterocycles. The third-order valence-corrected chi connectivity index (χ3v) is 3.91. The van der Waals surface area contributed by atoms with Crippen molar-refractivity contribution in [3.05, 3.63) is 10.0 Å². The number of thiazole rings is 1. The lowest BCUT2D eigenvalue weighted by Gasteiger charge is -2.13. The molecule has 0 aliphatic carbocycles. The number of hydrogen-bond acceptors (Lipinski definition) is 5. The highest BCUT2D eigenvalue weighted by molar-refractivity contribution is 7.98. The van der Waals surface area contributed by atoms with Gasteiger partial charge in [-0.3, -0.25) is 0 Å². The SMILES string of the molecule is CSCCN(C)c1nc(Cl)c(CO)s1. The van der Waals surface area contributed by atoms with Gasteiger partial charge in [-0.15, -0.1) is 0 Å². The molecule has 0 spiro atoms. The number of aromatic nitrogens is 1. The average molecular weight is 253 g/mol. The van der Waals surface area contributed by atoms with Crippen molar-refractivity contribution in [2.45, 2.75) is 6.61 Å². The van der Waals surface area contributed by atoms with Gasteiger partial charge in [0.2, 0.25) is 0 Å². The van der Waals surface area contributed by atoms with Gasteiger partial charge in [0, 0.05) is 19.3 Å². The third kappa shape index (κ3) is 3.02. The minimum Gasteiger partial charge on any atom is -0.391 e. The van der Waals surface area contributed by atoms with Crippen molar-refractivity contribution in [2.75, 3.05) is 30.5 Å². The largest absolute Gasteiger partial charge is 0.391 e. The summed E-state index contributed by atoms with van der Waals surface area (Å²) in [5, 5.41) is 10.2. The van der Waals surface area contributed by atoms with E-state index in [0.29, 0.717) is 5.15 Å². The molecule has 6 heteroatoms. The maximum atomic E-state index is 8.95. The molecule has 14 heavy (non-hydrogen) atoms.